The van der Waals surface area contributed by atoms with Crippen molar-refractivity contribution in [3.8, 4) is 0 Å². The van der Waals surface area contributed by atoms with Crippen molar-refractivity contribution in [3.63, 3.8) is 0 Å². The van der Waals surface area contributed by atoms with Gasteiger partial charge in [0.25, 0.3) is 0 Å². The molecule has 0 amide bonds. The fourth-order valence-corrected chi connectivity index (χ4v) is 5.00. The molecule has 4 heteroatoms. The maximum atomic E-state index is 12.6. The van der Waals surface area contributed by atoms with Gasteiger partial charge in [-0.15, -0.1) is 0 Å². The van der Waals surface area contributed by atoms with Gasteiger partial charge in [-0.25, -0.2) is 0 Å². The molecule has 1 aliphatic rings. The maximum Gasteiger partial charge on any atom is 0.187 e. The lowest BCUT2D eigenvalue weighted by molar-refractivity contribution is -0.127. The van der Waals surface area contributed by atoms with Crippen LogP contribution in [0.15, 0.2) is 142 Å². The number of rotatable bonds is 16. The highest BCUT2D eigenvalue weighted by Crippen LogP contribution is 2.40. The standard InChI is InChI=1S/C43H60O4/c1-32(21-16-23-34(3)24-18-26-36(5)28-30-40(46-12)43(9,10)47-13)19-14-15-20-33(2)22-17-25-35(4)27-29-38-37(6)41(44)39(45-11)31-42(38,7)8/h14-30,39-40H,31H2,1-13H3. The molecule has 0 radical (unpaired) electrons. The van der Waals surface area contributed by atoms with E-state index in [-0.39, 0.29) is 29.0 Å². The molecule has 0 N–H and O–H groups in total. The number of allylic oxidation sites excluding steroid dienone is 22. The summed E-state index contributed by atoms with van der Waals surface area (Å²) in [5, 5.41) is 0. The van der Waals surface area contributed by atoms with Gasteiger partial charge < -0.3 is 14.2 Å². The molecule has 0 saturated carbocycles. The fourth-order valence-electron chi connectivity index (χ4n) is 5.00. The van der Waals surface area contributed by atoms with Gasteiger partial charge in [0.05, 0.1) is 5.60 Å². The summed E-state index contributed by atoms with van der Waals surface area (Å²) in [6, 6.07) is 0. The first-order chi connectivity index (χ1) is 22.1. The Kier molecular flexibility index (Phi) is 18.2. The molecule has 256 valence electrons. The minimum atomic E-state index is -0.385. The SMILES string of the molecule is COC1CC(C)(C)C(C=CC(C)=CC=CC(C)=CC=CC=C(C)C=CC=C(C)C=CC=C(C)C=CC(OC)C(C)(C)OC)=C(C)C1=O. The number of Topliss-reactive ketones (excluding diaryl/α,β-unsaturated/α-hetero) is 1. The van der Waals surface area contributed by atoms with E-state index >= 15 is 0 Å². The van der Waals surface area contributed by atoms with Gasteiger partial charge >= 0.3 is 0 Å². The summed E-state index contributed by atoms with van der Waals surface area (Å²) in [5.41, 5.74) is 7.13. The molecule has 0 heterocycles. The molecule has 0 saturated heterocycles. The van der Waals surface area contributed by atoms with E-state index in [9.17, 15) is 4.79 Å². The van der Waals surface area contributed by atoms with Crippen molar-refractivity contribution < 1.29 is 19.0 Å². The molecule has 0 bridgehead atoms. The van der Waals surface area contributed by atoms with Crippen molar-refractivity contribution in [3.05, 3.63) is 142 Å². The van der Waals surface area contributed by atoms with Crippen LogP contribution in [0.5, 0.6) is 0 Å². The molecule has 4 nitrogen and oxygen atoms in total. The molecule has 0 fully saturated rings. The normalized spacial score (nSPS) is 20.6. The van der Waals surface area contributed by atoms with Gasteiger partial charge in [-0.2, -0.15) is 0 Å². The van der Waals surface area contributed by atoms with Crippen molar-refractivity contribution in [2.45, 2.75) is 93.5 Å². The zero-order chi connectivity index (χ0) is 35.6. The summed E-state index contributed by atoms with van der Waals surface area (Å²) in [6.07, 6.45) is 35.5. The Balaban J connectivity index is 2.70. The van der Waals surface area contributed by atoms with Gasteiger partial charge in [0.2, 0.25) is 0 Å². The summed E-state index contributed by atoms with van der Waals surface area (Å²) < 4.78 is 16.5. The topological polar surface area (TPSA) is 44.8 Å². The molecule has 0 aromatic carbocycles. The molecule has 47 heavy (non-hydrogen) atoms. The Labute approximate surface area is 286 Å². The third-order valence-corrected chi connectivity index (χ3v) is 8.27. The highest BCUT2D eigenvalue weighted by molar-refractivity contribution is 6.00. The van der Waals surface area contributed by atoms with Crippen LogP contribution >= 0.6 is 0 Å². The van der Waals surface area contributed by atoms with Gasteiger partial charge in [0, 0.05) is 21.3 Å². The predicted octanol–water partition coefficient (Wildman–Crippen LogP) is 10.8. The second-order valence-corrected chi connectivity index (χ2v) is 13.4. The number of carbonyl (C=O) groups excluding carboxylic acids is 1. The molecular formula is C43H60O4. The van der Waals surface area contributed by atoms with Crippen LogP contribution in [0.2, 0.25) is 0 Å². The molecule has 0 aromatic heterocycles. The van der Waals surface area contributed by atoms with Gasteiger partial charge in [-0.1, -0.05) is 145 Å². The fraction of sp³-hybridized carbons (Fsp3) is 0.419. The van der Waals surface area contributed by atoms with Crippen LogP contribution in [0.25, 0.3) is 0 Å². The van der Waals surface area contributed by atoms with E-state index in [2.05, 4.69) is 146 Å². The van der Waals surface area contributed by atoms with E-state index in [0.29, 0.717) is 6.42 Å². The molecule has 0 aliphatic heterocycles. The Hall–Kier alpha value is -3.57. The summed E-state index contributed by atoms with van der Waals surface area (Å²) in [7, 11) is 5.01. The molecule has 2 atom stereocenters. The summed E-state index contributed by atoms with van der Waals surface area (Å²) >= 11 is 0. The van der Waals surface area contributed by atoms with Gasteiger partial charge in [0.15, 0.2) is 5.78 Å². The number of hydrogen-bond donors (Lipinski definition) is 0. The van der Waals surface area contributed by atoms with E-state index in [1.165, 1.54) is 11.1 Å². The average molecular weight is 641 g/mol. The van der Waals surface area contributed by atoms with Crippen LogP contribution in [0.1, 0.15) is 75.7 Å². The Morgan fingerprint density at radius 1 is 0.723 bits per heavy atom. The van der Waals surface area contributed by atoms with Crippen LogP contribution in [0.3, 0.4) is 0 Å². The highest BCUT2D eigenvalue weighted by atomic mass is 16.5. The van der Waals surface area contributed by atoms with E-state index in [1.807, 2.05) is 26.8 Å². The molecular weight excluding hydrogens is 580 g/mol. The monoisotopic (exact) mass is 640 g/mol. The summed E-state index contributed by atoms with van der Waals surface area (Å²) in [6.45, 7) is 20.7. The van der Waals surface area contributed by atoms with E-state index in [0.717, 1.165) is 27.9 Å². The summed E-state index contributed by atoms with van der Waals surface area (Å²) in [4.78, 5) is 12.6. The number of methoxy groups -OCH3 is 3. The van der Waals surface area contributed by atoms with Crippen LogP contribution in [0, 0.1) is 5.41 Å². The highest BCUT2D eigenvalue weighted by Gasteiger charge is 2.37. The molecule has 0 aromatic rings. The van der Waals surface area contributed by atoms with Gasteiger partial charge in [-0.3, -0.25) is 4.79 Å². The zero-order valence-electron chi connectivity index (χ0n) is 31.3. The zero-order valence-corrected chi connectivity index (χ0v) is 31.3. The van der Waals surface area contributed by atoms with Crippen LogP contribution in [-0.2, 0) is 19.0 Å². The Bertz CT molecular complexity index is 1420. The van der Waals surface area contributed by atoms with Gasteiger partial charge in [0.1, 0.15) is 12.2 Å². The van der Waals surface area contributed by atoms with E-state index in [1.54, 1.807) is 21.3 Å². The van der Waals surface area contributed by atoms with Crippen molar-refractivity contribution in [1.82, 2.24) is 0 Å². The first kappa shape index (κ1) is 41.5. The third kappa shape index (κ3) is 15.3. The first-order valence-corrected chi connectivity index (χ1v) is 16.4. The second-order valence-electron chi connectivity index (χ2n) is 13.4. The van der Waals surface area contributed by atoms with Gasteiger partial charge in [-0.05, 0) is 78.4 Å². The van der Waals surface area contributed by atoms with Crippen molar-refractivity contribution in [1.29, 1.82) is 0 Å². The maximum absolute atomic E-state index is 12.6. The molecule has 2 unspecified atom stereocenters. The van der Waals surface area contributed by atoms with E-state index in [4.69, 9.17) is 14.2 Å². The third-order valence-electron chi connectivity index (χ3n) is 8.27. The van der Waals surface area contributed by atoms with Crippen molar-refractivity contribution in [2.75, 3.05) is 21.3 Å². The smallest absolute Gasteiger partial charge is 0.187 e. The number of ether oxygens (including phenoxy) is 3. The second kappa shape index (κ2) is 20.6. The lowest BCUT2D eigenvalue weighted by Crippen LogP contribution is -2.38. The quantitative estimate of drug-likeness (QED) is 0.158. The molecule has 1 rings (SSSR count). The Morgan fingerprint density at radius 2 is 1.15 bits per heavy atom. The average Bonchev–Trinajstić information content (AvgIpc) is 3.01. The Morgan fingerprint density at radius 3 is 1.57 bits per heavy atom. The van der Waals surface area contributed by atoms with E-state index < -0.39 is 0 Å². The van der Waals surface area contributed by atoms with Crippen LogP contribution in [-0.4, -0.2) is 44.9 Å². The molecule has 1 aliphatic carbocycles. The first-order valence-electron chi connectivity index (χ1n) is 16.4. The lowest BCUT2D eigenvalue weighted by atomic mass is 9.71. The number of ketones is 1. The lowest BCUT2D eigenvalue weighted by Gasteiger charge is -2.36. The largest absolute Gasteiger partial charge is 0.376 e. The summed E-state index contributed by atoms with van der Waals surface area (Å²) in [5.74, 6) is 0.0893. The van der Waals surface area contributed by atoms with Crippen LogP contribution < -0.4 is 0 Å². The number of carbonyl (C=O) groups is 1. The van der Waals surface area contributed by atoms with Crippen LogP contribution in [0.4, 0.5) is 0 Å². The minimum absolute atomic E-state index is 0.0893. The number of hydrogen-bond acceptors (Lipinski definition) is 4. The van der Waals surface area contributed by atoms with Crippen molar-refractivity contribution in [2.24, 2.45) is 5.41 Å². The van der Waals surface area contributed by atoms with Crippen molar-refractivity contribution >= 4 is 5.78 Å². The minimum Gasteiger partial charge on any atom is -0.376 e. The molecule has 0 spiro atoms. The predicted molar refractivity (Wildman–Crippen MR) is 202 cm³/mol.